The topological polar surface area (TPSA) is 116 Å². The van der Waals surface area contributed by atoms with E-state index in [0.717, 1.165) is 12.3 Å². The highest BCUT2D eigenvalue weighted by Gasteiger charge is 2.42. The van der Waals surface area contributed by atoms with Gasteiger partial charge in [0, 0.05) is 30.9 Å². The maximum Gasteiger partial charge on any atom is 0.329 e. The fraction of sp³-hybridized carbons (Fsp3) is 0.636. The SMILES string of the molecule is O=C(O)/C=C/NC(=O)[C@H](O)C1(CO)CCOCC1. The Morgan fingerprint density at radius 3 is 2.50 bits per heavy atom. The quantitative estimate of drug-likeness (QED) is 0.463. The van der Waals surface area contributed by atoms with Crippen molar-refractivity contribution in [2.45, 2.75) is 18.9 Å². The Morgan fingerprint density at radius 2 is 2.00 bits per heavy atom. The number of aliphatic hydroxyl groups is 2. The van der Waals surface area contributed by atoms with Gasteiger partial charge in [0.2, 0.25) is 0 Å². The molecule has 0 aliphatic carbocycles. The monoisotopic (exact) mass is 259 g/mol. The largest absolute Gasteiger partial charge is 0.478 e. The summed E-state index contributed by atoms with van der Waals surface area (Å²) in [6.07, 6.45) is 1.05. The third-order valence-corrected chi connectivity index (χ3v) is 3.08. The number of amides is 1. The molecule has 1 atom stereocenters. The van der Waals surface area contributed by atoms with Gasteiger partial charge in [-0.3, -0.25) is 4.79 Å². The van der Waals surface area contributed by atoms with Crippen LogP contribution in [0.25, 0.3) is 0 Å². The summed E-state index contributed by atoms with van der Waals surface area (Å²) >= 11 is 0. The smallest absolute Gasteiger partial charge is 0.329 e. The molecule has 0 unspecified atom stereocenters. The molecule has 4 N–H and O–H groups in total. The summed E-state index contributed by atoms with van der Waals surface area (Å²) in [6.45, 7) is 0.416. The normalized spacial score (nSPS) is 20.6. The minimum absolute atomic E-state index is 0.326. The summed E-state index contributed by atoms with van der Waals surface area (Å²) in [6, 6.07) is 0. The van der Waals surface area contributed by atoms with Gasteiger partial charge in [-0.05, 0) is 12.8 Å². The maximum atomic E-state index is 11.6. The second kappa shape index (κ2) is 6.48. The Morgan fingerprint density at radius 1 is 1.39 bits per heavy atom. The van der Waals surface area contributed by atoms with E-state index in [-0.39, 0.29) is 6.61 Å². The van der Waals surface area contributed by atoms with Gasteiger partial charge in [-0.1, -0.05) is 0 Å². The first-order valence-electron chi connectivity index (χ1n) is 5.58. The number of hydrogen-bond donors (Lipinski definition) is 4. The van der Waals surface area contributed by atoms with E-state index in [1.54, 1.807) is 0 Å². The van der Waals surface area contributed by atoms with Crippen molar-refractivity contribution in [3.05, 3.63) is 12.3 Å². The molecule has 0 saturated carbocycles. The Hall–Kier alpha value is -1.44. The summed E-state index contributed by atoms with van der Waals surface area (Å²) in [4.78, 5) is 21.8. The standard InChI is InChI=1S/C11H17NO6/c13-7-11(2-5-18-6-3-11)9(16)10(17)12-4-1-8(14)15/h1,4,9,13,16H,2-3,5-7H2,(H,12,17)(H,14,15)/b4-1+/t9-/m0/s1. The lowest BCUT2D eigenvalue weighted by Gasteiger charge is -2.38. The van der Waals surface area contributed by atoms with Crippen LogP contribution in [0.2, 0.25) is 0 Å². The van der Waals surface area contributed by atoms with Gasteiger partial charge in [0.25, 0.3) is 5.91 Å². The first kappa shape index (κ1) is 14.6. The number of hydrogen-bond acceptors (Lipinski definition) is 5. The van der Waals surface area contributed by atoms with E-state index < -0.39 is 23.4 Å². The summed E-state index contributed by atoms with van der Waals surface area (Å²) < 4.78 is 5.12. The van der Waals surface area contributed by atoms with E-state index in [0.29, 0.717) is 26.1 Å². The molecule has 1 aliphatic heterocycles. The van der Waals surface area contributed by atoms with E-state index in [4.69, 9.17) is 9.84 Å². The summed E-state index contributed by atoms with van der Waals surface area (Å²) in [5.74, 6) is -1.93. The molecule has 0 radical (unpaired) electrons. The van der Waals surface area contributed by atoms with E-state index >= 15 is 0 Å². The molecular formula is C11H17NO6. The van der Waals surface area contributed by atoms with Crippen LogP contribution < -0.4 is 5.32 Å². The fourth-order valence-electron chi connectivity index (χ4n) is 1.85. The van der Waals surface area contributed by atoms with E-state index in [9.17, 15) is 19.8 Å². The van der Waals surface area contributed by atoms with Crippen molar-refractivity contribution in [2.24, 2.45) is 5.41 Å². The van der Waals surface area contributed by atoms with Gasteiger partial charge in [0.15, 0.2) is 0 Å². The lowest BCUT2D eigenvalue weighted by Crippen LogP contribution is -2.50. The van der Waals surface area contributed by atoms with Gasteiger partial charge in [0.1, 0.15) is 6.10 Å². The number of carboxylic acids is 1. The zero-order chi connectivity index (χ0) is 13.6. The van der Waals surface area contributed by atoms with Crippen molar-refractivity contribution >= 4 is 11.9 Å². The zero-order valence-corrected chi connectivity index (χ0v) is 9.83. The Balaban J connectivity index is 2.62. The van der Waals surface area contributed by atoms with Crippen LogP contribution in [0.5, 0.6) is 0 Å². The van der Waals surface area contributed by atoms with E-state index in [1.807, 2.05) is 0 Å². The predicted molar refractivity (Wildman–Crippen MR) is 60.5 cm³/mol. The molecule has 7 nitrogen and oxygen atoms in total. The van der Waals surface area contributed by atoms with Crippen molar-refractivity contribution in [1.29, 1.82) is 0 Å². The first-order chi connectivity index (χ1) is 8.52. The first-order valence-corrected chi connectivity index (χ1v) is 5.58. The Kier molecular flexibility index (Phi) is 5.26. The van der Waals surface area contributed by atoms with Crippen molar-refractivity contribution in [3.63, 3.8) is 0 Å². The fourth-order valence-corrected chi connectivity index (χ4v) is 1.85. The van der Waals surface area contributed by atoms with Crippen molar-refractivity contribution < 1.29 is 29.6 Å². The predicted octanol–water partition coefficient (Wildman–Crippen LogP) is -1.15. The van der Waals surface area contributed by atoms with Gasteiger partial charge in [0.05, 0.1) is 6.61 Å². The van der Waals surface area contributed by atoms with Crippen LogP contribution in [-0.2, 0) is 14.3 Å². The summed E-state index contributed by atoms with van der Waals surface area (Å²) in [5.41, 5.74) is -0.917. The van der Waals surface area contributed by atoms with E-state index in [2.05, 4.69) is 5.32 Å². The van der Waals surface area contributed by atoms with Gasteiger partial charge < -0.3 is 25.4 Å². The van der Waals surface area contributed by atoms with Gasteiger partial charge in [-0.25, -0.2) is 4.79 Å². The average molecular weight is 259 g/mol. The molecule has 0 bridgehead atoms. The molecular weight excluding hydrogens is 242 g/mol. The highest BCUT2D eigenvalue weighted by molar-refractivity contribution is 5.84. The number of ether oxygens (including phenoxy) is 1. The molecule has 0 aromatic heterocycles. The van der Waals surface area contributed by atoms with Crippen LogP contribution in [-0.4, -0.2) is 53.1 Å². The number of aliphatic carboxylic acids is 1. The van der Waals surface area contributed by atoms with Crippen LogP contribution in [0.1, 0.15) is 12.8 Å². The van der Waals surface area contributed by atoms with Crippen molar-refractivity contribution in [3.8, 4) is 0 Å². The maximum absolute atomic E-state index is 11.6. The molecule has 1 rings (SSSR count). The van der Waals surface area contributed by atoms with Gasteiger partial charge in [-0.2, -0.15) is 0 Å². The summed E-state index contributed by atoms with van der Waals surface area (Å²) in [7, 11) is 0. The highest BCUT2D eigenvalue weighted by Crippen LogP contribution is 2.33. The molecule has 1 saturated heterocycles. The zero-order valence-electron chi connectivity index (χ0n) is 9.83. The third-order valence-electron chi connectivity index (χ3n) is 3.08. The molecule has 7 heteroatoms. The van der Waals surface area contributed by atoms with Crippen LogP contribution >= 0.6 is 0 Å². The van der Waals surface area contributed by atoms with E-state index in [1.165, 1.54) is 0 Å². The Labute approximate surface area is 104 Å². The Bertz CT molecular complexity index is 334. The van der Waals surface area contributed by atoms with Crippen LogP contribution in [0.15, 0.2) is 12.3 Å². The molecule has 1 aliphatic rings. The number of carbonyl (C=O) groups excluding carboxylic acids is 1. The van der Waals surface area contributed by atoms with Gasteiger partial charge in [-0.15, -0.1) is 0 Å². The lowest BCUT2D eigenvalue weighted by atomic mass is 9.75. The number of rotatable bonds is 5. The minimum Gasteiger partial charge on any atom is -0.478 e. The molecule has 1 amide bonds. The molecule has 18 heavy (non-hydrogen) atoms. The van der Waals surface area contributed by atoms with Crippen molar-refractivity contribution in [2.75, 3.05) is 19.8 Å². The molecule has 1 heterocycles. The van der Waals surface area contributed by atoms with Crippen LogP contribution in [0, 0.1) is 5.41 Å². The molecule has 1 fully saturated rings. The second-order valence-corrected chi connectivity index (χ2v) is 4.22. The molecule has 0 aromatic rings. The number of nitrogens with one attached hydrogen (secondary N) is 1. The number of carbonyl (C=O) groups is 2. The second-order valence-electron chi connectivity index (χ2n) is 4.22. The average Bonchev–Trinajstić information content (AvgIpc) is 2.38. The lowest BCUT2D eigenvalue weighted by molar-refractivity contribution is -0.145. The molecule has 102 valence electrons. The third kappa shape index (κ3) is 3.52. The number of carboxylic acid groups (broad SMARTS) is 1. The molecule has 0 aromatic carbocycles. The minimum atomic E-state index is -1.40. The summed E-state index contributed by atoms with van der Waals surface area (Å²) in [5, 5.41) is 29.8. The van der Waals surface area contributed by atoms with Crippen LogP contribution in [0.4, 0.5) is 0 Å². The van der Waals surface area contributed by atoms with Crippen LogP contribution in [0.3, 0.4) is 0 Å². The molecule has 0 spiro atoms. The number of aliphatic hydroxyl groups excluding tert-OH is 2. The van der Waals surface area contributed by atoms with Crippen molar-refractivity contribution in [1.82, 2.24) is 5.32 Å². The van der Waals surface area contributed by atoms with Gasteiger partial charge >= 0.3 is 5.97 Å². The highest BCUT2D eigenvalue weighted by atomic mass is 16.5.